The van der Waals surface area contributed by atoms with Crippen LogP contribution in [0.5, 0.6) is 0 Å². The number of anilines is 2. The molecule has 5 rings (SSSR count). The second kappa shape index (κ2) is 9.49. The van der Waals surface area contributed by atoms with E-state index in [4.69, 9.17) is 5.73 Å². The first-order valence-corrected chi connectivity index (χ1v) is 14.9. The average molecular weight is 590 g/mol. The minimum atomic E-state index is -3.31. The SMILES string of the molecule is Cc1ccc(C(=O)N[C@@H]2CCCN(c3c(Br)c(-c4ccc(S(C)(=O)=O)cc4)n4ncnc(N)c34)C2)s1. The lowest BCUT2D eigenvalue weighted by Gasteiger charge is -2.34. The highest BCUT2D eigenvalue weighted by Crippen LogP contribution is 2.43. The van der Waals surface area contributed by atoms with E-state index in [-0.39, 0.29) is 16.8 Å². The molecule has 0 unspecified atom stereocenters. The van der Waals surface area contributed by atoms with Crippen molar-refractivity contribution in [3.63, 3.8) is 0 Å². The van der Waals surface area contributed by atoms with Gasteiger partial charge in [0.15, 0.2) is 15.7 Å². The van der Waals surface area contributed by atoms with Crippen molar-refractivity contribution in [2.75, 3.05) is 30.0 Å². The van der Waals surface area contributed by atoms with Gasteiger partial charge in [-0.1, -0.05) is 12.1 Å². The number of nitrogens with one attached hydrogen (secondary N) is 1. The molecule has 1 aliphatic rings. The van der Waals surface area contributed by atoms with E-state index in [1.165, 1.54) is 23.9 Å². The van der Waals surface area contributed by atoms with Crippen molar-refractivity contribution in [1.29, 1.82) is 0 Å². The predicted octanol–water partition coefficient (Wildman–Crippen LogP) is 3.91. The fourth-order valence-corrected chi connectivity index (χ4v) is 6.81. The number of amides is 1. The summed E-state index contributed by atoms with van der Waals surface area (Å²) in [6.45, 7) is 3.37. The summed E-state index contributed by atoms with van der Waals surface area (Å²) in [7, 11) is -3.31. The molecule has 9 nitrogen and oxygen atoms in total. The van der Waals surface area contributed by atoms with Crippen LogP contribution in [0.2, 0.25) is 0 Å². The molecule has 12 heteroatoms. The molecule has 4 aromatic rings. The summed E-state index contributed by atoms with van der Waals surface area (Å²) in [6.07, 6.45) is 4.35. The number of nitrogens with zero attached hydrogens (tertiary/aromatic N) is 4. The lowest BCUT2D eigenvalue weighted by atomic mass is 10.0. The molecule has 1 atom stereocenters. The highest BCUT2D eigenvalue weighted by Gasteiger charge is 2.30. The van der Waals surface area contributed by atoms with Crippen molar-refractivity contribution in [3.05, 3.63) is 57.0 Å². The molecule has 3 aromatic heterocycles. The van der Waals surface area contributed by atoms with Gasteiger partial charge in [-0.25, -0.2) is 17.9 Å². The Labute approximate surface area is 221 Å². The summed E-state index contributed by atoms with van der Waals surface area (Å²) in [6, 6.07) is 10.5. The maximum atomic E-state index is 12.8. The Hall–Kier alpha value is -2.96. The molecule has 1 aliphatic heterocycles. The van der Waals surface area contributed by atoms with Gasteiger partial charge in [-0.2, -0.15) is 5.10 Å². The normalized spacial score (nSPS) is 16.4. The highest BCUT2D eigenvalue weighted by atomic mass is 79.9. The number of thiophene rings is 1. The smallest absolute Gasteiger partial charge is 0.261 e. The van der Waals surface area contributed by atoms with E-state index >= 15 is 0 Å². The molecule has 1 amide bonds. The van der Waals surface area contributed by atoms with Gasteiger partial charge >= 0.3 is 0 Å². The van der Waals surface area contributed by atoms with Gasteiger partial charge in [-0.3, -0.25) is 4.79 Å². The molecule has 0 radical (unpaired) electrons. The number of carbonyl (C=O) groups is 1. The summed E-state index contributed by atoms with van der Waals surface area (Å²) < 4.78 is 26.4. The van der Waals surface area contributed by atoms with Crippen LogP contribution in [-0.4, -0.2) is 54.3 Å². The number of carbonyl (C=O) groups excluding carboxylic acids is 1. The maximum absolute atomic E-state index is 12.8. The lowest BCUT2D eigenvalue weighted by molar-refractivity contribution is 0.0937. The van der Waals surface area contributed by atoms with E-state index in [9.17, 15) is 13.2 Å². The standard InChI is InChI=1S/C24H25BrN6O3S2/c1-14-5-10-18(35-14)24(32)29-16-4-3-11-30(12-16)21-19(25)20(31-22(21)23(26)27-13-28-31)15-6-8-17(9-7-15)36(2,33)34/h5-10,13,16H,3-4,11-12H2,1-2H3,(H,29,32)(H2,26,27,28)/t16-/m1/s1. The molecule has 36 heavy (non-hydrogen) atoms. The second-order valence-corrected chi connectivity index (χ2v) is 13.0. The van der Waals surface area contributed by atoms with E-state index < -0.39 is 9.84 Å². The van der Waals surface area contributed by atoms with Gasteiger partial charge in [0.2, 0.25) is 0 Å². The van der Waals surface area contributed by atoms with Crippen LogP contribution in [0.15, 0.2) is 52.1 Å². The third kappa shape index (κ3) is 4.60. The van der Waals surface area contributed by atoms with Gasteiger partial charge in [0, 0.05) is 35.8 Å². The van der Waals surface area contributed by atoms with Gasteiger partial charge in [0.25, 0.3) is 5.91 Å². The van der Waals surface area contributed by atoms with Crippen LogP contribution in [0, 0.1) is 6.92 Å². The zero-order valence-electron chi connectivity index (χ0n) is 19.7. The third-order valence-electron chi connectivity index (χ3n) is 6.26. The topological polar surface area (TPSA) is 123 Å². The molecule has 1 fully saturated rings. The number of nitrogen functional groups attached to an aromatic ring is 1. The van der Waals surface area contributed by atoms with Crippen molar-refractivity contribution in [3.8, 4) is 11.3 Å². The molecule has 0 spiro atoms. The molecule has 3 N–H and O–H groups in total. The van der Waals surface area contributed by atoms with Gasteiger partial charge in [0.05, 0.1) is 25.6 Å². The van der Waals surface area contributed by atoms with Crippen molar-refractivity contribution < 1.29 is 13.2 Å². The molecule has 0 aliphatic carbocycles. The van der Waals surface area contributed by atoms with Crippen LogP contribution in [-0.2, 0) is 9.84 Å². The molecular formula is C24H25BrN6O3S2. The van der Waals surface area contributed by atoms with E-state index in [0.717, 1.165) is 45.7 Å². The van der Waals surface area contributed by atoms with Gasteiger partial charge in [-0.15, -0.1) is 11.3 Å². The van der Waals surface area contributed by atoms with Crippen LogP contribution < -0.4 is 16.0 Å². The molecule has 188 valence electrons. The van der Waals surface area contributed by atoms with Crippen molar-refractivity contribution in [2.24, 2.45) is 0 Å². The Balaban J connectivity index is 1.51. The van der Waals surface area contributed by atoms with Gasteiger partial charge < -0.3 is 16.0 Å². The number of rotatable bonds is 5. The van der Waals surface area contributed by atoms with Gasteiger partial charge in [-0.05, 0) is 60.0 Å². The number of aromatic nitrogens is 3. The minimum absolute atomic E-state index is 0.0288. The Morgan fingerprint density at radius 1 is 1.22 bits per heavy atom. The third-order valence-corrected chi connectivity index (χ3v) is 9.14. The zero-order valence-corrected chi connectivity index (χ0v) is 23.0. The monoisotopic (exact) mass is 588 g/mol. The first kappa shape index (κ1) is 24.7. The highest BCUT2D eigenvalue weighted by molar-refractivity contribution is 9.10. The number of fused-ring (bicyclic) bond motifs is 1. The van der Waals surface area contributed by atoms with E-state index in [2.05, 4.69) is 36.2 Å². The molecule has 0 saturated carbocycles. The van der Waals surface area contributed by atoms with Crippen LogP contribution >= 0.6 is 27.3 Å². The fourth-order valence-electron chi connectivity index (χ4n) is 4.58. The zero-order chi connectivity index (χ0) is 25.6. The first-order valence-electron chi connectivity index (χ1n) is 11.4. The Bertz CT molecular complexity index is 1560. The summed E-state index contributed by atoms with van der Waals surface area (Å²) in [5.74, 6) is 0.273. The summed E-state index contributed by atoms with van der Waals surface area (Å²) in [5.41, 5.74) is 9.37. The summed E-state index contributed by atoms with van der Waals surface area (Å²) >= 11 is 5.26. The Morgan fingerprint density at radius 3 is 2.64 bits per heavy atom. The second-order valence-electron chi connectivity index (χ2n) is 8.88. The fraction of sp³-hybridized carbons (Fsp3) is 0.292. The Morgan fingerprint density at radius 2 is 1.97 bits per heavy atom. The van der Waals surface area contributed by atoms with Gasteiger partial charge in [0.1, 0.15) is 11.8 Å². The van der Waals surface area contributed by atoms with E-state index in [0.29, 0.717) is 22.8 Å². The lowest BCUT2D eigenvalue weighted by Crippen LogP contribution is -2.47. The van der Waals surface area contributed by atoms with E-state index in [1.807, 2.05) is 19.1 Å². The number of hydrogen-bond acceptors (Lipinski definition) is 8. The largest absolute Gasteiger partial charge is 0.382 e. The quantitative estimate of drug-likeness (QED) is 0.362. The van der Waals surface area contributed by atoms with Crippen molar-refractivity contribution in [2.45, 2.75) is 30.7 Å². The van der Waals surface area contributed by atoms with Crippen molar-refractivity contribution >= 4 is 60.0 Å². The number of piperidine rings is 1. The molecule has 1 aromatic carbocycles. The summed E-state index contributed by atoms with van der Waals surface area (Å²) in [5, 5.41) is 7.64. The van der Waals surface area contributed by atoms with Crippen LogP contribution in [0.1, 0.15) is 27.4 Å². The van der Waals surface area contributed by atoms with Crippen molar-refractivity contribution in [1.82, 2.24) is 19.9 Å². The van der Waals surface area contributed by atoms with Crippen LogP contribution in [0.4, 0.5) is 11.5 Å². The molecule has 4 heterocycles. The Kier molecular flexibility index (Phi) is 6.52. The van der Waals surface area contributed by atoms with E-state index in [1.54, 1.807) is 28.8 Å². The number of benzene rings is 1. The molecule has 0 bridgehead atoms. The average Bonchev–Trinajstić information content (AvgIpc) is 3.40. The number of sulfone groups is 1. The predicted molar refractivity (Wildman–Crippen MR) is 145 cm³/mol. The maximum Gasteiger partial charge on any atom is 0.261 e. The molecular weight excluding hydrogens is 564 g/mol. The minimum Gasteiger partial charge on any atom is -0.382 e. The number of hydrogen-bond donors (Lipinski definition) is 2. The van der Waals surface area contributed by atoms with Crippen LogP contribution in [0.3, 0.4) is 0 Å². The first-order chi connectivity index (χ1) is 17.1. The molecule has 1 saturated heterocycles. The number of aryl methyl sites for hydroxylation is 1. The number of halogens is 1. The number of nitrogens with two attached hydrogens (primary N) is 1. The van der Waals surface area contributed by atoms with Crippen LogP contribution in [0.25, 0.3) is 16.8 Å². The summed E-state index contributed by atoms with van der Waals surface area (Å²) in [4.78, 5) is 21.2.